The molecule has 0 unspecified atom stereocenters. The van der Waals surface area contributed by atoms with Crippen molar-refractivity contribution in [3.63, 3.8) is 0 Å². The van der Waals surface area contributed by atoms with E-state index in [0.717, 1.165) is 40.3 Å². The number of amides is 3. The summed E-state index contributed by atoms with van der Waals surface area (Å²) in [7, 11) is 0. The monoisotopic (exact) mass is 374 g/mol. The number of hydrogen-bond donors (Lipinski definition) is 3. The van der Waals surface area contributed by atoms with Crippen molar-refractivity contribution in [3.05, 3.63) is 34.9 Å². The summed E-state index contributed by atoms with van der Waals surface area (Å²) < 4.78 is 5.43. The highest BCUT2D eigenvalue weighted by atomic mass is 32.1. The van der Waals surface area contributed by atoms with Crippen LogP contribution in [0.4, 0.5) is 15.5 Å². The van der Waals surface area contributed by atoms with Crippen LogP contribution in [-0.2, 0) is 4.74 Å². The zero-order chi connectivity index (χ0) is 18.8. The molecule has 3 rings (SSSR count). The van der Waals surface area contributed by atoms with Crippen molar-refractivity contribution in [3.8, 4) is 10.4 Å². The Morgan fingerprint density at radius 1 is 1.15 bits per heavy atom. The van der Waals surface area contributed by atoms with Crippen molar-refractivity contribution in [2.75, 3.05) is 36.5 Å². The Labute approximate surface area is 155 Å². The molecule has 7 nitrogen and oxygen atoms in total. The molecule has 2 aromatic rings. The van der Waals surface area contributed by atoms with Gasteiger partial charge in [0.25, 0.3) is 5.91 Å². The highest BCUT2D eigenvalue weighted by molar-refractivity contribution is 7.20. The second kappa shape index (κ2) is 7.35. The van der Waals surface area contributed by atoms with Crippen LogP contribution >= 0.6 is 11.3 Å². The number of nitrogens with two attached hydrogens (primary N) is 2. The van der Waals surface area contributed by atoms with E-state index < -0.39 is 11.9 Å². The van der Waals surface area contributed by atoms with Gasteiger partial charge in [-0.25, -0.2) is 4.79 Å². The van der Waals surface area contributed by atoms with Gasteiger partial charge in [-0.1, -0.05) is 12.1 Å². The standard InChI is InChI=1S/C18H22N4O3S/c1-10-12(4-3-5-13(10)22-6-8-25-9-7-22)15-11(2)14(16(19)23)17(26-15)21-18(20)24/h3-5H,6-9H2,1-2H3,(H2,19,23)(H3,20,21,24). The molecule has 1 saturated heterocycles. The van der Waals surface area contributed by atoms with Crippen LogP contribution in [0, 0.1) is 13.8 Å². The third-order valence-corrected chi connectivity index (χ3v) is 5.77. The summed E-state index contributed by atoms with van der Waals surface area (Å²) in [5, 5.41) is 2.90. The second-order valence-corrected chi connectivity index (χ2v) is 7.18. The molecule has 1 aliphatic heterocycles. The number of anilines is 2. The van der Waals surface area contributed by atoms with Gasteiger partial charge in [0.1, 0.15) is 5.00 Å². The van der Waals surface area contributed by atoms with Crippen molar-refractivity contribution in [1.29, 1.82) is 0 Å². The zero-order valence-electron chi connectivity index (χ0n) is 14.8. The lowest BCUT2D eigenvalue weighted by Gasteiger charge is -2.30. The molecule has 1 fully saturated rings. The second-order valence-electron chi connectivity index (χ2n) is 6.16. The Balaban J connectivity index is 2.09. The fourth-order valence-corrected chi connectivity index (χ4v) is 4.58. The van der Waals surface area contributed by atoms with Crippen LogP contribution in [0.1, 0.15) is 21.5 Å². The van der Waals surface area contributed by atoms with Crippen LogP contribution in [0.2, 0.25) is 0 Å². The highest BCUT2D eigenvalue weighted by Gasteiger charge is 2.23. The molecule has 5 N–H and O–H groups in total. The molecular formula is C18H22N4O3S. The molecule has 138 valence electrons. The average molecular weight is 374 g/mol. The lowest BCUT2D eigenvalue weighted by molar-refractivity contribution is 0.100. The summed E-state index contributed by atoms with van der Waals surface area (Å²) in [5.74, 6) is -0.587. The van der Waals surface area contributed by atoms with Crippen molar-refractivity contribution >= 4 is 34.0 Å². The van der Waals surface area contributed by atoms with Crippen molar-refractivity contribution in [2.24, 2.45) is 11.5 Å². The third kappa shape index (κ3) is 3.38. The van der Waals surface area contributed by atoms with E-state index in [1.165, 1.54) is 11.3 Å². The summed E-state index contributed by atoms with van der Waals surface area (Å²) in [6.45, 7) is 6.99. The van der Waals surface area contributed by atoms with E-state index >= 15 is 0 Å². The molecule has 26 heavy (non-hydrogen) atoms. The van der Waals surface area contributed by atoms with E-state index in [9.17, 15) is 9.59 Å². The van der Waals surface area contributed by atoms with E-state index in [-0.39, 0.29) is 0 Å². The first-order chi connectivity index (χ1) is 12.4. The van der Waals surface area contributed by atoms with Gasteiger partial charge in [-0.3, -0.25) is 10.1 Å². The van der Waals surface area contributed by atoms with Gasteiger partial charge in [0.05, 0.1) is 18.8 Å². The largest absolute Gasteiger partial charge is 0.378 e. The van der Waals surface area contributed by atoms with Gasteiger partial charge in [0.2, 0.25) is 0 Å². The summed E-state index contributed by atoms with van der Waals surface area (Å²) in [5.41, 5.74) is 15.1. The Morgan fingerprint density at radius 3 is 2.46 bits per heavy atom. The van der Waals surface area contributed by atoms with Crippen molar-refractivity contribution in [2.45, 2.75) is 13.8 Å². The molecule has 2 heterocycles. The number of nitrogens with one attached hydrogen (secondary N) is 1. The molecular weight excluding hydrogens is 352 g/mol. The first-order valence-electron chi connectivity index (χ1n) is 8.32. The molecule has 0 atom stereocenters. The predicted octanol–water partition coefficient (Wildman–Crippen LogP) is 2.46. The number of rotatable bonds is 4. The molecule has 1 aliphatic rings. The maximum absolute atomic E-state index is 11.9. The summed E-state index contributed by atoms with van der Waals surface area (Å²) in [6.07, 6.45) is 0. The topological polar surface area (TPSA) is 111 Å². The Morgan fingerprint density at radius 2 is 1.85 bits per heavy atom. The number of morpholine rings is 1. The Bertz CT molecular complexity index is 856. The lowest BCUT2D eigenvalue weighted by Crippen LogP contribution is -2.36. The van der Waals surface area contributed by atoms with Crippen molar-refractivity contribution < 1.29 is 14.3 Å². The third-order valence-electron chi connectivity index (χ3n) is 4.53. The minimum Gasteiger partial charge on any atom is -0.378 e. The normalized spacial score (nSPS) is 14.3. The minimum absolute atomic E-state index is 0.306. The number of urea groups is 1. The molecule has 0 spiro atoms. The van der Waals surface area contributed by atoms with Gasteiger partial charge in [-0.05, 0) is 36.6 Å². The molecule has 0 saturated carbocycles. The van der Waals surface area contributed by atoms with Gasteiger partial charge in [0.15, 0.2) is 0 Å². The van der Waals surface area contributed by atoms with Crippen LogP contribution < -0.4 is 21.7 Å². The van der Waals surface area contributed by atoms with Crippen LogP contribution in [0.25, 0.3) is 10.4 Å². The number of benzene rings is 1. The number of carbonyl (C=O) groups excluding carboxylic acids is 2. The van der Waals surface area contributed by atoms with E-state index in [1.54, 1.807) is 0 Å². The molecule has 0 aliphatic carbocycles. The minimum atomic E-state index is -0.723. The lowest BCUT2D eigenvalue weighted by atomic mass is 10.00. The quantitative estimate of drug-likeness (QED) is 0.763. The van der Waals surface area contributed by atoms with Gasteiger partial charge < -0.3 is 21.1 Å². The van der Waals surface area contributed by atoms with Crippen LogP contribution in [0.3, 0.4) is 0 Å². The molecule has 0 bridgehead atoms. The summed E-state index contributed by atoms with van der Waals surface area (Å²) in [6, 6.07) is 5.37. The molecule has 1 aromatic carbocycles. The summed E-state index contributed by atoms with van der Waals surface area (Å²) >= 11 is 1.31. The number of hydrogen-bond acceptors (Lipinski definition) is 5. The van der Waals surface area contributed by atoms with Gasteiger partial charge in [0, 0.05) is 23.7 Å². The smallest absolute Gasteiger partial charge is 0.317 e. The number of carbonyl (C=O) groups is 2. The van der Waals surface area contributed by atoms with Crippen LogP contribution in [0.15, 0.2) is 18.2 Å². The molecule has 0 radical (unpaired) electrons. The van der Waals surface area contributed by atoms with Crippen LogP contribution in [-0.4, -0.2) is 38.2 Å². The first kappa shape index (κ1) is 18.2. The van der Waals surface area contributed by atoms with E-state index in [0.29, 0.717) is 23.8 Å². The Hall–Kier alpha value is -2.58. The summed E-state index contributed by atoms with van der Waals surface area (Å²) in [4.78, 5) is 26.4. The number of ether oxygens (including phenoxy) is 1. The van der Waals surface area contributed by atoms with E-state index in [2.05, 4.69) is 23.2 Å². The number of thiophene rings is 1. The van der Waals surface area contributed by atoms with Gasteiger partial charge in [-0.2, -0.15) is 0 Å². The molecule has 8 heteroatoms. The fourth-order valence-electron chi connectivity index (χ4n) is 3.28. The maximum atomic E-state index is 11.9. The molecule has 1 aromatic heterocycles. The Kier molecular flexibility index (Phi) is 5.15. The highest BCUT2D eigenvalue weighted by Crippen LogP contribution is 2.42. The van der Waals surface area contributed by atoms with E-state index in [4.69, 9.17) is 16.2 Å². The van der Waals surface area contributed by atoms with Crippen molar-refractivity contribution in [1.82, 2.24) is 0 Å². The number of primary amides is 2. The first-order valence-corrected chi connectivity index (χ1v) is 9.14. The zero-order valence-corrected chi connectivity index (χ0v) is 15.6. The maximum Gasteiger partial charge on any atom is 0.317 e. The number of nitrogens with zero attached hydrogens (tertiary/aromatic N) is 1. The molecule has 3 amide bonds. The average Bonchev–Trinajstić information content (AvgIpc) is 2.91. The SMILES string of the molecule is Cc1c(-c2sc(NC(N)=O)c(C(N)=O)c2C)cccc1N1CCOCC1. The fraction of sp³-hybridized carbons (Fsp3) is 0.333. The van der Waals surface area contributed by atoms with Gasteiger partial charge in [-0.15, -0.1) is 11.3 Å². The predicted molar refractivity (Wildman–Crippen MR) is 104 cm³/mol. The van der Waals surface area contributed by atoms with Gasteiger partial charge >= 0.3 is 6.03 Å². The van der Waals surface area contributed by atoms with E-state index in [1.807, 2.05) is 19.1 Å². The van der Waals surface area contributed by atoms with Crippen LogP contribution in [0.5, 0.6) is 0 Å².